The van der Waals surface area contributed by atoms with E-state index >= 15 is 9.59 Å². The SMILES string of the molecule is C=CCOC(=O)N[C@@H](C(C)C)C(C)C[C@@H](C)C(=O)Nc1cc(COc2cc3c(cc2OC)C(=O)N2CC=C(c4ccc(S(=O)(=O)NC)cc4)C[C@H]2C(OC)N3C(=O)OCC=C)cc(COc2cc3c(cc2OC)C(=O)N2CC=C(c4ccc(S(=O)(=O)NC)cc4)C[C@H]2C(OC)N3C(=O)OCC=C)c1. The van der Waals surface area contributed by atoms with Crippen LogP contribution < -0.4 is 48.8 Å². The number of carbonyl (C=O) groups is 6. The minimum Gasteiger partial charge on any atom is -0.493 e. The number of fused-ring (bicyclic) bond motifs is 4. The Bertz CT molecular complexity index is 4100. The van der Waals surface area contributed by atoms with Gasteiger partial charge in [0.05, 0.1) is 58.6 Å². The van der Waals surface area contributed by atoms with Gasteiger partial charge in [0.2, 0.25) is 26.0 Å². The fourth-order valence-electron chi connectivity index (χ4n) is 13.2. The number of alkyl carbamates (subject to hydrolysis) is 1. The van der Waals surface area contributed by atoms with Crippen molar-refractivity contribution < 1.29 is 88.2 Å². The molecule has 0 radical (unpaired) electrons. The number of methoxy groups -OCH3 is 4. The van der Waals surface area contributed by atoms with Crippen LogP contribution in [0.2, 0.25) is 0 Å². The Kier molecular flexibility index (Phi) is 25.3. The van der Waals surface area contributed by atoms with Crippen molar-refractivity contribution in [2.45, 2.75) is 101 Å². The van der Waals surface area contributed by atoms with Crippen molar-refractivity contribution >= 4 is 84.3 Å². The molecule has 0 aromatic heterocycles. The van der Waals surface area contributed by atoms with E-state index in [1.54, 1.807) is 59.2 Å². The molecule has 0 spiro atoms. The van der Waals surface area contributed by atoms with Crippen LogP contribution in [0.5, 0.6) is 23.0 Å². The predicted octanol–water partition coefficient (Wildman–Crippen LogP) is 10.0. The normalized spacial score (nSPS) is 18.1. The molecule has 4 N–H and O–H groups in total. The molecule has 0 saturated carbocycles. The highest BCUT2D eigenvalue weighted by molar-refractivity contribution is 7.89. The summed E-state index contributed by atoms with van der Waals surface area (Å²) >= 11 is 0. The number of benzene rings is 5. The Morgan fingerprint density at radius 1 is 0.573 bits per heavy atom. The lowest BCUT2D eigenvalue weighted by molar-refractivity contribution is -0.120. The minimum absolute atomic E-state index is 0.0214. The third-order valence-electron chi connectivity index (χ3n) is 18.3. The smallest absolute Gasteiger partial charge is 0.416 e. The molecule has 5 aromatic carbocycles. The van der Waals surface area contributed by atoms with E-state index in [-0.39, 0.29) is 138 Å². The zero-order chi connectivity index (χ0) is 74.6. The lowest BCUT2D eigenvalue weighted by Crippen LogP contribution is -2.55. The van der Waals surface area contributed by atoms with Gasteiger partial charge in [-0.25, -0.2) is 50.5 Å². The largest absolute Gasteiger partial charge is 0.493 e. The number of carbonyl (C=O) groups excluding carboxylic acids is 6. The third kappa shape index (κ3) is 17.2. The van der Waals surface area contributed by atoms with Crippen LogP contribution in [0.3, 0.4) is 0 Å². The summed E-state index contributed by atoms with van der Waals surface area (Å²) in [4.78, 5) is 92.0. The van der Waals surface area contributed by atoms with Crippen molar-refractivity contribution in [3.63, 3.8) is 0 Å². The Hall–Kier alpha value is -10.0. The number of hydrogen-bond donors (Lipinski definition) is 4. The summed E-state index contributed by atoms with van der Waals surface area (Å²) in [6.45, 7) is 18.0. The average molecular weight is 1460 g/mol. The Balaban J connectivity index is 1.06. The maximum atomic E-state index is 15.0. The summed E-state index contributed by atoms with van der Waals surface area (Å²) < 4.78 is 109. The van der Waals surface area contributed by atoms with Gasteiger partial charge in [-0.3, -0.25) is 14.4 Å². The molecule has 0 aliphatic carbocycles. The second-order valence-corrected chi connectivity index (χ2v) is 28.9. The molecule has 9 rings (SSSR count). The lowest BCUT2D eigenvalue weighted by Gasteiger charge is -2.40. The zero-order valence-electron chi connectivity index (χ0n) is 59.2. The van der Waals surface area contributed by atoms with Crippen LogP contribution in [0.15, 0.2) is 151 Å². The van der Waals surface area contributed by atoms with E-state index in [9.17, 15) is 36.0 Å². The van der Waals surface area contributed by atoms with Crippen LogP contribution in [0, 0.1) is 17.8 Å². The summed E-state index contributed by atoms with van der Waals surface area (Å²) in [5, 5.41) is 6.01. The molecule has 27 nitrogen and oxygen atoms in total. The van der Waals surface area contributed by atoms with Crippen LogP contribution in [-0.4, -0.2) is 169 Å². The Morgan fingerprint density at radius 2 is 0.990 bits per heavy atom. The van der Waals surface area contributed by atoms with Crippen LogP contribution in [0.1, 0.15) is 89.9 Å². The van der Waals surface area contributed by atoms with Gasteiger partial charge in [-0.2, -0.15) is 0 Å². The van der Waals surface area contributed by atoms with Gasteiger partial charge in [-0.05, 0) is 133 Å². The van der Waals surface area contributed by atoms with Gasteiger partial charge in [-0.15, -0.1) is 0 Å². The van der Waals surface area contributed by atoms with E-state index < -0.39 is 80.6 Å². The first-order valence-corrected chi connectivity index (χ1v) is 36.2. The van der Waals surface area contributed by atoms with Crippen molar-refractivity contribution in [2.75, 3.05) is 90.6 Å². The minimum atomic E-state index is -3.74. The van der Waals surface area contributed by atoms with Crippen molar-refractivity contribution in [2.24, 2.45) is 17.8 Å². The predicted molar refractivity (Wildman–Crippen MR) is 386 cm³/mol. The molecule has 4 heterocycles. The van der Waals surface area contributed by atoms with Gasteiger partial charge in [0.25, 0.3) is 11.8 Å². The van der Waals surface area contributed by atoms with Gasteiger partial charge in [-0.1, -0.05) is 102 Å². The van der Waals surface area contributed by atoms with Gasteiger partial charge in [0.15, 0.2) is 35.5 Å². The summed E-state index contributed by atoms with van der Waals surface area (Å²) in [6, 6.07) is 21.7. The van der Waals surface area contributed by atoms with E-state index in [0.29, 0.717) is 34.4 Å². The lowest BCUT2D eigenvalue weighted by atomic mass is 9.85. The van der Waals surface area contributed by atoms with Crippen LogP contribution >= 0.6 is 0 Å². The molecule has 550 valence electrons. The summed E-state index contributed by atoms with van der Waals surface area (Å²) in [5.41, 5.74) is 4.40. The van der Waals surface area contributed by atoms with Crippen molar-refractivity contribution in [1.82, 2.24) is 24.6 Å². The maximum Gasteiger partial charge on any atom is 0.416 e. The first kappa shape index (κ1) is 77.1. The first-order valence-electron chi connectivity index (χ1n) is 33.2. The molecular formula is C74H88N8O19S2. The van der Waals surface area contributed by atoms with Crippen molar-refractivity contribution in [3.8, 4) is 23.0 Å². The summed E-state index contributed by atoms with van der Waals surface area (Å²) in [6.07, 6.45) is 3.99. The van der Waals surface area contributed by atoms with Crippen LogP contribution in [-0.2, 0) is 61.7 Å². The Labute approximate surface area is 600 Å². The van der Waals surface area contributed by atoms with Gasteiger partial charge < -0.3 is 63.1 Å². The van der Waals surface area contributed by atoms with Crippen molar-refractivity contribution in [3.05, 3.63) is 174 Å². The van der Waals surface area contributed by atoms with Gasteiger partial charge in [0.1, 0.15) is 33.0 Å². The molecule has 7 atom stereocenters. The third-order valence-corrected chi connectivity index (χ3v) is 21.2. The number of ether oxygens (including phenoxy) is 9. The van der Waals surface area contributed by atoms with E-state index in [1.807, 2.05) is 32.9 Å². The quantitative estimate of drug-likeness (QED) is 0.0255. The average Bonchev–Trinajstić information content (AvgIpc) is 1.62. The van der Waals surface area contributed by atoms with Crippen LogP contribution in [0.25, 0.3) is 11.1 Å². The highest BCUT2D eigenvalue weighted by Gasteiger charge is 2.48. The fourth-order valence-corrected chi connectivity index (χ4v) is 14.7. The first-order chi connectivity index (χ1) is 49.3. The highest BCUT2D eigenvalue weighted by Crippen LogP contribution is 2.46. The highest BCUT2D eigenvalue weighted by atomic mass is 32.2. The summed E-state index contributed by atoms with van der Waals surface area (Å²) in [7, 11) is 0.767. The second kappa shape index (κ2) is 33.8. The molecule has 3 unspecified atom stereocenters. The van der Waals surface area contributed by atoms with Crippen molar-refractivity contribution in [1.29, 1.82) is 0 Å². The number of anilines is 3. The van der Waals surface area contributed by atoms with E-state index in [1.165, 1.54) is 119 Å². The molecule has 4 aliphatic rings. The standard InChI is InChI=1S/C74H88N8O19S2/c1-14-29-97-72(86)78-66(44(4)5)45(6)32-46(7)67(83)77-53-34-47(42-100-64-40-58-56(38-62(64)93-10)68(84)79-27-25-51(49-17-21-54(22-18-49)102(89,90)75-8)36-60(79)70(95-12)81(58)73(87)98-30-15-2)33-48(35-53)43-101-65-41-59-57(39-63(65)94-11)69(85)80-28-26-52(50-19-23-55(24-20-50)103(91,92)76-9)37-61(80)71(96-13)82(59)74(88)99-31-16-3/h14-26,33-35,38-41,44-46,60-61,66,70-71,75-76H,1-3,27-32,36-37,42-43H2,4-13H3,(H,77,83)(H,78,86)/t45?,46-,60+,61+,66+,70?,71?/m1/s1. The molecule has 0 saturated heterocycles. The molecule has 5 aromatic rings. The van der Waals surface area contributed by atoms with Gasteiger partial charge in [0, 0.05) is 57.1 Å². The maximum absolute atomic E-state index is 15.0. The molecule has 0 fully saturated rings. The molecule has 4 aliphatic heterocycles. The molecule has 29 heteroatoms. The Morgan fingerprint density at radius 3 is 1.37 bits per heavy atom. The zero-order valence-corrected chi connectivity index (χ0v) is 60.9. The number of hydrogen-bond acceptors (Lipinski definition) is 19. The summed E-state index contributed by atoms with van der Waals surface area (Å²) in [5.74, 6) is -1.77. The molecular weight excluding hydrogens is 1370 g/mol. The molecule has 0 bridgehead atoms. The fraction of sp³-hybridized carbons (Fsp3) is 0.378. The van der Waals surface area contributed by atoms with E-state index in [0.717, 1.165) is 11.1 Å². The number of nitrogens with zero attached hydrogens (tertiary/aromatic N) is 4. The number of sulfonamides is 2. The van der Waals surface area contributed by atoms with E-state index in [2.05, 4.69) is 39.8 Å². The van der Waals surface area contributed by atoms with Crippen LogP contribution in [0.4, 0.5) is 31.4 Å². The molecule has 6 amide bonds. The molecule has 103 heavy (non-hydrogen) atoms. The second-order valence-electron chi connectivity index (χ2n) is 25.2. The monoisotopic (exact) mass is 1460 g/mol. The van der Waals surface area contributed by atoms with E-state index in [4.69, 9.17) is 42.6 Å². The topological polar surface area (TPSA) is 315 Å². The van der Waals surface area contributed by atoms with Gasteiger partial charge >= 0.3 is 18.3 Å². The number of amides is 6. The number of nitrogens with one attached hydrogen (secondary N) is 4. The number of rotatable bonds is 29.